The van der Waals surface area contributed by atoms with Gasteiger partial charge in [0, 0.05) is 12.6 Å². The molecular formula is C12H23N3O. The Morgan fingerprint density at radius 2 is 1.81 bits per heavy atom. The fourth-order valence-electron chi connectivity index (χ4n) is 2.48. The van der Waals surface area contributed by atoms with E-state index in [1.54, 1.807) is 0 Å². The van der Waals surface area contributed by atoms with E-state index < -0.39 is 0 Å². The van der Waals surface area contributed by atoms with Gasteiger partial charge in [-0.3, -0.25) is 0 Å². The van der Waals surface area contributed by atoms with Crippen LogP contribution in [0.15, 0.2) is 0 Å². The Morgan fingerprint density at radius 1 is 1.19 bits per heavy atom. The van der Waals surface area contributed by atoms with Crippen molar-refractivity contribution < 1.29 is 4.79 Å². The van der Waals surface area contributed by atoms with Crippen LogP contribution >= 0.6 is 0 Å². The molecule has 0 heterocycles. The zero-order valence-corrected chi connectivity index (χ0v) is 9.93. The molecule has 4 nitrogen and oxygen atoms in total. The van der Waals surface area contributed by atoms with Gasteiger partial charge < -0.3 is 16.4 Å². The predicted octanol–water partition coefficient (Wildman–Crippen LogP) is 1.50. The first kappa shape index (κ1) is 11.7. The van der Waals surface area contributed by atoms with E-state index in [9.17, 15) is 4.79 Å². The van der Waals surface area contributed by atoms with Crippen molar-refractivity contribution in [2.24, 2.45) is 5.73 Å². The van der Waals surface area contributed by atoms with Gasteiger partial charge in [-0.1, -0.05) is 25.7 Å². The molecule has 0 spiro atoms. The van der Waals surface area contributed by atoms with Crippen molar-refractivity contribution in [3.05, 3.63) is 0 Å². The molecule has 0 aliphatic heterocycles. The van der Waals surface area contributed by atoms with Crippen LogP contribution in [-0.2, 0) is 0 Å². The molecule has 2 aliphatic carbocycles. The average molecular weight is 225 g/mol. The number of hydrogen-bond acceptors (Lipinski definition) is 2. The summed E-state index contributed by atoms with van der Waals surface area (Å²) in [6, 6.07) is 0.399. The maximum absolute atomic E-state index is 11.8. The second kappa shape index (κ2) is 5.04. The van der Waals surface area contributed by atoms with Crippen LogP contribution in [-0.4, -0.2) is 24.2 Å². The summed E-state index contributed by atoms with van der Waals surface area (Å²) in [5, 5.41) is 6.09. The van der Waals surface area contributed by atoms with Crippen LogP contribution in [0.5, 0.6) is 0 Å². The fraction of sp³-hybridized carbons (Fsp3) is 0.917. The smallest absolute Gasteiger partial charge is 0.315 e. The van der Waals surface area contributed by atoms with Gasteiger partial charge in [0.15, 0.2) is 0 Å². The lowest BCUT2D eigenvalue weighted by atomic mass is 9.90. The molecule has 0 aromatic carbocycles. The summed E-state index contributed by atoms with van der Waals surface area (Å²) in [6.07, 6.45) is 9.22. The van der Waals surface area contributed by atoms with Gasteiger partial charge in [-0.05, 0) is 25.7 Å². The summed E-state index contributed by atoms with van der Waals surface area (Å²) in [7, 11) is 0. The first-order chi connectivity index (χ1) is 7.74. The van der Waals surface area contributed by atoms with E-state index in [4.69, 9.17) is 5.73 Å². The van der Waals surface area contributed by atoms with Gasteiger partial charge in [0.1, 0.15) is 0 Å². The lowest BCUT2D eigenvalue weighted by molar-refractivity contribution is 0.218. The minimum atomic E-state index is -0.143. The Morgan fingerprint density at radius 3 is 2.31 bits per heavy atom. The summed E-state index contributed by atoms with van der Waals surface area (Å²) in [6.45, 7) is 0.561. The number of hydrogen-bond donors (Lipinski definition) is 3. The molecule has 0 unspecified atom stereocenters. The van der Waals surface area contributed by atoms with Crippen molar-refractivity contribution >= 4 is 6.03 Å². The summed E-state index contributed by atoms with van der Waals surface area (Å²) >= 11 is 0. The van der Waals surface area contributed by atoms with Gasteiger partial charge in [0.2, 0.25) is 0 Å². The fourth-order valence-corrected chi connectivity index (χ4v) is 2.48. The van der Waals surface area contributed by atoms with Crippen LogP contribution < -0.4 is 16.4 Å². The Kier molecular flexibility index (Phi) is 3.69. The number of carbonyl (C=O) groups is 1. The monoisotopic (exact) mass is 225 g/mol. The number of carbonyl (C=O) groups excluding carboxylic acids is 1. The van der Waals surface area contributed by atoms with E-state index in [0.29, 0.717) is 12.6 Å². The SMILES string of the molecule is NCC1(NC(=O)NC2CC2)CCCCCC1. The Bertz CT molecular complexity index is 243. The molecule has 0 radical (unpaired) electrons. The molecule has 0 saturated heterocycles. The molecule has 0 aromatic rings. The number of urea groups is 1. The minimum Gasteiger partial charge on any atom is -0.335 e. The van der Waals surface area contributed by atoms with E-state index >= 15 is 0 Å². The highest BCUT2D eigenvalue weighted by molar-refractivity contribution is 5.75. The molecule has 2 rings (SSSR count). The molecule has 16 heavy (non-hydrogen) atoms. The third-order valence-electron chi connectivity index (χ3n) is 3.74. The van der Waals surface area contributed by atoms with Crippen LogP contribution in [0.2, 0.25) is 0 Å². The van der Waals surface area contributed by atoms with Gasteiger partial charge in [0.25, 0.3) is 0 Å². The van der Waals surface area contributed by atoms with Crippen molar-refractivity contribution in [2.45, 2.75) is 62.9 Å². The van der Waals surface area contributed by atoms with Crippen molar-refractivity contribution in [3.8, 4) is 0 Å². The van der Waals surface area contributed by atoms with E-state index in [1.807, 2.05) is 0 Å². The maximum Gasteiger partial charge on any atom is 0.315 e. The Balaban J connectivity index is 1.87. The van der Waals surface area contributed by atoms with Crippen LogP contribution in [0.1, 0.15) is 51.4 Å². The lowest BCUT2D eigenvalue weighted by Crippen LogP contribution is -2.56. The van der Waals surface area contributed by atoms with Crippen molar-refractivity contribution in [2.75, 3.05) is 6.54 Å². The minimum absolute atomic E-state index is 0.0187. The molecule has 92 valence electrons. The summed E-state index contributed by atoms with van der Waals surface area (Å²) in [5.74, 6) is 0. The van der Waals surface area contributed by atoms with Crippen LogP contribution in [0.3, 0.4) is 0 Å². The van der Waals surface area contributed by atoms with Crippen molar-refractivity contribution in [3.63, 3.8) is 0 Å². The van der Waals surface area contributed by atoms with Gasteiger partial charge in [0.05, 0.1) is 5.54 Å². The molecule has 4 N–H and O–H groups in total. The summed E-state index contributed by atoms with van der Waals surface area (Å²) in [5.41, 5.74) is 5.72. The van der Waals surface area contributed by atoms with Gasteiger partial charge in [-0.25, -0.2) is 4.79 Å². The van der Waals surface area contributed by atoms with Crippen LogP contribution in [0.4, 0.5) is 4.79 Å². The maximum atomic E-state index is 11.8. The van der Waals surface area contributed by atoms with Crippen molar-refractivity contribution in [1.82, 2.24) is 10.6 Å². The average Bonchev–Trinajstić information content (AvgIpc) is 3.06. The second-order valence-corrected chi connectivity index (χ2v) is 5.27. The van der Waals surface area contributed by atoms with Gasteiger partial charge >= 0.3 is 6.03 Å². The highest BCUT2D eigenvalue weighted by Crippen LogP contribution is 2.26. The first-order valence-corrected chi connectivity index (χ1v) is 6.53. The number of nitrogens with two attached hydrogens (primary N) is 1. The van der Waals surface area contributed by atoms with E-state index in [-0.39, 0.29) is 11.6 Å². The highest BCUT2D eigenvalue weighted by atomic mass is 16.2. The number of nitrogens with one attached hydrogen (secondary N) is 2. The largest absolute Gasteiger partial charge is 0.335 e. The molecule has 2 amide bonds. The third-order valence-corrected chi connectivity index (χ3v) is 3.74. The van der Waals surface area contributed by atoms with Gasteiger partial charge in [-0.15, -0.1) is 0 Å². The van der Waals surface area contributed by atoms with Crippen LogP contribution in [0.25, 0.3) is 0 Å². The molecule has 4 heteroatoms. The van der Waals surface area contributed by atoms with E-state index in [1.165, 1.54) is 25.7 Å². The molecule has 2 saturated carbocycles. The standard InChI is InChI=1S/C12H23N3O/c13-9-12(7-3-1-2-4-8-12)15-11(16)14-10-5-6-10/h10H,1-9,13H2,(H2,14,15,16). The Hall–Kier alpha value is -0.770. The van der Waals surface area contributed by atoms with Crippen molar-refractivity contribution in [1.29, 1.82) is 0 Å². The first-order valence-electron chi connectivity index (χ1n) is 6.53. The van der Waals surface area contributed by atoms with Crippen LogP contribution in [0, 0.1) is 0 Å². The molecular weight excluding hydrogens is 202 g/mol. The molecule has 2 aliphatic rings. The molecule has 0 atom stereocenters. The third kappa shape index (κ3) is 3.11. The summed E-state index contributed by atoms with van der Waals surface area (Å²) in [4.78, 5) is 11.8. The predicted molar refractivity (Wildman–Crippen MR) is 64.2 cm³/mol. The topological polar surface area (TPSA) is 67.1 Å². The number of rotatable bonds is 3. The summed E-state index contributed by atoms with van der Waals surface area (Å²) < 4.78 is 0. The molecule has 2 fully saturated rings. The normalized spacial score (nSPS) is 24.6. The molecule has 0 bridgehead atoms. The van der Waals surface area contributed by atoms with Gasteiger partial charge in [-0.2, -0.15) is 0 Å². The lowest BCUT2D eigenvalue weighted by Gasteiger charge is -2.32. The van der Waals surface area contributed by atoms with E-state index in [2.05, 4.69) is 10.6 Å². The second-order valence-electron chi connectivity index (χ2n) is 5.27. The Labute approximate surface area is 97.3 Å². The zero-order chi connectivity index (χ0) is 11.4. The number of amides is 2. The zero-order valence-electron chi connectivity index (χ0n) is 9.93. The highest BCUT2D eigenvalue weighted by Gasteiger charge is 2.32. The van der Waals surface area contributed by atoms with E-state index in [0.717, 1.165) is 25.7 Å². The quantitative estimate of drug-likeness (QED) is 0.637. The molecule has 0 aromatic heterocycles.